The third kappa shape index (κ3) is 5.44. The first-order chi connectivity index (χ1) is 14.0. The molecule has 2 amide bonds. The number of nitrogens with zero attached hydrogens (tertiary/aromatic N) is 2. The van der Waals surface area contributed by atoms with E-state index in [2.05, 4.69) is 10.3 Å². The lowest BCUT2D eigenvalue weighted by atomic mass is 9.90. The smallest absolute Gasteiger partial charge is 0.245 e. The van der Waals surface area contributed by atoms with Gasteiger partial charge in [0, 0.05) is 10.9 Å². The zero-order valence-electron chi connectivity index (χ0n) is 17.6. The number of hydrogen-bond donors (Lipinski definition) is 1. The Kier molecular flexibility index (Phi) is 7.42. The van der Waals surface area contributed by atoms with Gasteiger partial charge in [0.25, 0.3) is 0 Å². The molecular formula is C23H31N3O2S. The van der Waals surface area contributed by atoms with Crippen molar-refractivity contribution in [2.45, 2.75) is 71.3 Å². The van der Waals surface area contributed by atoms with Gasteiger partial charge in [-0.1, -0.05) is 56.5 Å². The molecule has 1 saturated carbocycles. The molecule has 1 N–H and O–H groups in total. The molecule has 1 fully saturated rings. The highest BCUT2D eigenvalue weighted by Gasteiger charge is 2.32. The van der Waals surface area contributed by atoms with E-state index >= 15 is 0 Å². The van der Waals surface area contributed by atoms with Crippen molar-refractivity contribution in [3.8, 4) is 0 Å². The fraction of sp³-hybridized carbons (Fsp3) is 0.522. The highest BCUT2D eigenvalue weighted by Crippen LogP contribution is 2.28. The molecule has 1 aromatic carbocycles. The van der Waals surface area contributed by atoms with E-state index in [0.717, 1.165) is 48.2 Å². The van der Waals surface area contributed by atoms with Crippen LogP contribution in [0.25, 0.3) is 0 Å². The van der Waals surface area contributed by atoms with E-state index in [1.54, 1.807) is 0 Å². The number of thiazole rings is 1. The fourth-order valence-electron chi connectivity index (χ4n) is 4.06. The van der Waals surface area contributed by atoms with Gasteiger partial charge in [-0.2, -0.15) is 0 Å². The molecule has 5 nitrogen and oxygen atoms in total. The van der Waals surface area contributed by atoms with E-state index in [1.807, 2.05) is 56.0 Å². The van der Waals surface area contributed by atoms with Gasteiger partial charge >= 0.3 is 0 Å². The van der Waals surface area contributed by atoms with Crippen LogP contribution >= 0.6 is 11.3 Å². The Hall–Kier alpha value is -2.21. The molecule has 1 aliphatic carbocycles. The Bertz CT molecular complexity index is 808. The molecule has 1 heterocycles. The Labute approximate surface area is 177 Å². The van der Waals surface area contributed by atoms with E-state index in [1.165, 1.54) is 17.8 Å². The van der Waals surface area contributed by atoms with Crippen molar-refractivity contribution < 1.29 is 9.59 Å². The number of anilines is 1. The van der Waals surface area contributed by atoms with Gasteiger partial charge in [0.15, 0.2) is 5.13 Å². The molecule has 1 aliphatic rings. The van der Waals surface area contributed by atoms with Crippen LogP contribution in [-0.4, -0.2) is 34.3 Å². The molecule has 0 spiro atoms. The summed E-state index contributed by atoms with van der Waals surface area (Å²) >= 11 is 1.47. The number of aromatic nitrogens is 1. The van der Waals surface area contributed by atoms with Crippen molar-refractivity contribution in [3.05, 3.63) is 46.5 Å². The summed E-state index contributed by atoms with van der Waals surface area (Å²) < 4.78 is 0. The summed E-state index contributed by atoms with van der Waals surface area (Å²) in [6.45, 7) is 6.05. The van der Waals surface area contributed by atoms with Crippen LogP contribution in [0.3, 0.4) is 0 Å². The molecule has 0 bridgehead atoms. The normalized spacial score (nSPS) is 15.7. The molecule has 3 rings (SSSR count). The Balaban J connectivity index is 1.77. The molecule has 29 heavy (non-hydrogen) atoms. The Morgan fingerprint density at radius 2 is 1.86 bits per heavy atom. The maximum atomic E-state index is 13.6. The molecule has 0 saturated heterocycles. The lowest BCUT2D eigenvalue weighted by molar-refractivity contribution is -0.139. The van der Waals surface area contributed by atoms with Gasteiger partial charge in [-0.05, 0) is 38.7 Å². The number of nitrogens with one attached hydrogen (secondary N) is 1. The van der Waals surface area contributed by atoms with Gasteiger partial charge in [0.05, 0.1) is 11.6 Å². The fourth-order valence-corrected chi connectivity index (χ4v) is 4.89. The lowest BCUT2D eigenvalue weighted by Gasteiger charge is -2.36. The van der Waals surface area contributed by atoms with Gasteiger partial charge in [-0.25, -0.2) is 4.98 Å². The SMILES string of the molecule is CC[C@@H](C(=O)N(CC(=O)Nc1nc(C)c(C)s1)C1CCCCC1)c1ccccc1. The van der Waals surface area contributed by atoms with E-state index in [-0.39, 0.29) is 30.3 Å². The topological polar surface area (TPSA) is 62.3 Å². The van der Waals surface area contributed by atoms with Crippen molar-refractivity contribution in [1.29, 1.82) is 0 Å². The van der Waals surface area contributed by atoms with Crippen molar-refractivity contribution in [2.24, 2.45) is 0 Å². The minimum absolute atomic E-state index is 0.0623. The van der Waals surface area contributed by atoms with Crippen LogP contribution in [0.5, 0.6) is 0 Å². The van der Waals surface area contributed by atoms with Crippen LogP contribution in [0.15, 0.2) is 30.3 Å². The second-order valence-electron chi connectivity index (χ2n) is 7.84. The third-order valence-electron chi connectivity index (χ3n) is 5.80. The second kappa shape index (κ2) is 10.0. The molecule has 0 radical (unpaired) electrons. The summed E-state index contributed by atoms with van der Waals surface area (Å²) in [7, 11) is 0. The standard InChI is InChI=1S/C23H31N3O2S/c1-4-20(18-11-7-5-8-12-18)22(28)26(19-13-9-6-10-14-19)15-21(27)25-23-24-16(2)17(3)29-23/h5,7-8,11-12,19-20H,4,6,9-10,13-15H2,1-3H3,(H,24,25,27)/t20-/m1/s1. The van der Waals surface area contributed by atoms with E-state index in [9.17, 15) is 9.59 Å². The van der Waals surface area contributed by atoms with Crippen molar-refractivity contribution >= 4 is 28.3 Å². The zero-order chi connectivity index (χ0) is 20.8. The predicted molar refractivity (Wildman–Crippen MR) is 118 cm³/mol. The largest absolute Gasteiger partial charge is 0.330 e. The summed E-state index contributed by atoms with van der Waals surface area (Å²) in [5.41, 5.74) is 1.95. The predicted octanol–water partition coefficient (Wildman–Crippen LogP) is 5.05. The third-order valence-corrected chi connectivity index (χ3v) is 6.78. The van der Waals surface area contributed by atoms with Crippen LogP contribution < -0.4 is 5.32 Å². The summed E-state index contributed by atoms with van der Waals surface area (Å²) in [5.74, 6) is -0.317. The van der Waals surface area contributed by atoms with Gasteiger partial charge in [-0.15, -0.1) is 11.3 Å². The van der Waals surface area contributed by atoms with Crippen molar-refractivity contribution in [2.75, 3.05) is 11.9 Å². The Morgan fingerprint density at radius 1 is 1.17 bits per heavy atom. The van der Waals surface area contributed by atoms with Gasteiger partial charge in [-0.3, -0.25) is 9.59 Å². The van der Waals surface area contributed by atoms with Crippen LogP contribution in [0, 0.1) is 13.8 Å². The monoisotopic (exact) mass is 413 g/mol. The molecule has 1 atom stereocenters. The minimum Gasteiger partial charge on any atom is -0.330 e. The van der Waals surface area contributed by atoms with Crippen LogP contribution in [-0.2, 0) is 9.59 Å². The number of amides is 2. The van der Waals surface area contributed by atoms with Gasteiger partial charge < -0.3 is 10.2 Å². The first-order valence-corrected chi connectivity index (χ1v) is 11.4. The minimum atomic E-state index is -0.213. The average Bonchev–Trinajstić information content (AvgIpc) is 3.04. The van der Waals surface area contributed by atoms with E-state index in [4.69, 9.17) is 0 Å². The molecule has 156 valence electrons. The van der Waals surface area contributed by atoms with Crippen LogP contribution in [0.2, 0.25) is 0 Å². The van der Waals surface area contributed by atoms with Gasteiger partial charge in [0.1, 0.15) is 6.54 Å². The average molecular weight is 414 g/mol. The number of carbonyl (C=O) groups is 2. The molecular weight excluding hydrogens is 382 g/mol. The number of aryl methyl sites for hydroxylation is 2. The summed E-state index contributed by atoms with van der Waals surface area (Å²) in [5, 5.41) is 3.51. The second-order valence-corrected chi connectivity index (χ2v) is 9.04. The number of benzene rings is 1. The van der Waals surface area contributed by atoms with E-state index < -0.39 is 0 Å². The highest BCUT2D eigenvalue weighted by molar-refractivity contribution is 7.15. The van der Waals surface area contributed by atoms with E-state index in [0.29, 0.717) is 5.13 Å². The summed E-state index contributed by atoms with van der Waals surface area (Å²) in [6.07, 6.45) is 6.10. The Morgan fingerprint density at radius 3 is 2.45 bits per heavy atom. The van der Waals surface area contributed by atoms with Crippen LogP contribution in [0.4, 0.5) is 5.13 Å². The molecule has 0 aliphatic heterocycles. The first-order valence-electron chi connectivity index (χ1n) is 10.6. The maximum absolute atomic E-state index is 13.6. The lowest BCUT2D eigenvalue weighted by Crippen LogP contribution is -2.47. The first kappa shape index (κ1) is 21.5. The zero-order valence-corrected chi connectivity index (χ0v) is 18.4. The van der Waals surface area contributed by atoms with Crippen LogP contribution in [0.1, 0.15) is 67.5 Å². The molecule has 6 heteroatoms. The number of rotatable bonds is 7. The van der Waals surface area contributed by atoms with Crippen molar-refractivity contribution in [3.63, 3.8) is 0 Å². The highest BCUT2D eigenvalue weighted by atomic mass is 32.1. The number of carbonyl (C=O) groups excluding carboxylic acids is 2. The summed E-state index contributed by atoms with van der Waals surface area (Å²) in [6, 6.07) is 10.1. The summed E-state index contributed by atoms with van der Waals surface area (Å²) in [4.78, 5) is 33.7. The maximum Gasteiger partial charge on any atom is 0.245 e. The van der Waals surface area contributed by atoms with Crippen molar-refractivity contribution in [1.82, 2.24) is 9.88 Å². The molecule has 1 aromatic heterocycles. The quantitative estimate of drug-likeness (QED) is 0.691. The molecule has 2 aromatic rings. The molecule has 0 unspecified atom stereocenters. The van der Waals surface area contributed by atoms with Gasteiger partial charge in [0.2, 0.25) is 11.8 Å². The number of hydrogen-bond acceptors (Lipinski definition) is 4.